The Morgan fingerprint density at radius 1 is 1.40 bits per heavy atom. The number of carbonyl (C=O) groups is 2. The van der Waals surface area contributed by atoms with Crippen molar-refractivity contribution in [3.63, 3.8) is 0 Å². The largest absolute Gasteiger partial charge is 0.354 e. The molecule has 134 valence electrons. The van der Waals surface area contributed by atoms with E-state index in [-0.39, 0.29) is 29.7 Å². The zero-order valence-corrected chi connectivity index (χ0v) is 14.2. The lowest BCUT2D eigenvalue weighted by Crippen LogP contribution is -2.47. The highest BCUT2D eigenvalue weighted by atomic mass is 19.1. The fourth-order valence-corrected chi connectivity index (χ4v) is 3.46. The number of hydrogen-bond donors (Lipinski definition) is 2. The van der Waals surface area contributed by atoms with Crippen molar-refractivity contribution in [1.29, 1.82) is 0 Å². The SMILES string of the molecule is O=C(NC[C@@H](Cc1cccc(F)c1)N1CCNC1=O)[C@@H]1CC=CCC1. The lowest BCUT2D eigenvalue weighted by molar-refractivity contribution is -0.125. The van der Waals surface area contributed by atoms with Gasteiger partial charge in [-0.05, 0) is 43.4 Å². The van der Waals surface area contributed by atoms with Gasteiger partial charge in [0.05, 0.1) is 6.04 Å². The van der Waals surface area contributed by atoms with Gasteiger partial charge in [0, 0.05) is 25.6 Å². The van der Waals surface area contributed by atoms with Gasteiger partial charge in [0.2, 0.25) is 5.91 Å². The number of rotatable bonds is 6. The molecule has 1 saturated heterocycles. The minimum Gasteiger partial charge on any atom is -0.354 e. The summed E-state index contributed by atoms with van der Waals surface area (Å²) in [5, 5.41) is 5.79. The van der Waals surface area contributed by atoms with Gasteiger partial charge >= 0.3 is 6.03 Å². The van der Waals surface area contributed by atoms with Crippen molar-refractivity contribution < 1.29 is 14.0 Å². The molecule has 0 spiro atoms. The fourth-order valence-electron chi connectivity index (χ4n) is 3.46. The summed E-state index contributed by atoms with van der Waals surface area (Å²) >= 11 is 0. The molecular formula is C19H24FN3O2. The first-order valence-corrected chi connectivity index (χ1v) is 8.85. The third kappa shape index (κ3) is 4.59. The molecule has 3 rings (SSSR count). The normalized spacial score (nSPS) is 21.1. The molecule has 2 atom stereocenters. The minimum absolute atomic E-state index is 0.00669. The second-order valence-electron chi connectivity index (χ2n) is 6.64. The molecule has 1 heterocycles. The standard InChI is InChI=1S/C19H24FN3O2/c20-16-8-4-5-14(11-16)12-17(23-10-9-21-19(23)25)13-22-18(24)15-6-2-1-3-7-15/h1-2,4-5,8,11,15,17H,3,6-7,9-10,12-13H2,(H,21,25)(H,22,24)/t15-,17-/m1/s1. The zero-order chi connectivity index (χ0) is 17.6. The highest BCUT2D eigenvalue weighted by Crippen LogP contribution is 2.18. The number of halogens is 1. The van der Waals surface area contributed by atoms with Crippen LogP contribution in [0.2, 0.25) is 0 Å². The summed E-state index contributed by atoms with van der Waals surface area (Å²) in [6, 6.07) is 6.08. The summed E-state index contributed by atoms with van der Waals surface area (Å²) in [5.74, 6) is -0.249. The van der Waals surface area contributed by atoms with Crippen LogP contribution >= 0.6 is 0 Å². The van der Waals surface area contributed by atoms with Gasteiger partial charge < -0.3 is 15.5 Å². The summed E-state index contributed by atoms with van der Waals surface area (Å²) in [6.07, 6.45) is 7.22. The number of benzene rings is 1. The van der Waals surface area contributed by atoms with E-state index in [0.29, 0.717) is 26.1 Å². The molecule has 2 N–H and O–H groups in total. The Balaban J connectivity index is 1.64. The number of urea groups is 1. The van der Waals surface area contributed by atoms with Crippen LogP contribution < -0.4 is 10.6 Å². The van der Waals surface area contributed by atoms with E-state index in [1.54, 1.807) is 11.0 Å². The van der Waals surface area contributed by atoms with E-state index >= 15 is 0 Å². The topological polar surface area (TPSA) is 61.4 Å². The Kier molecular flexibility index (Phi) is 5.68. The summed E-state index contributed by atoms with van der Waals surface area (Å²) in [5.41, 5.74) is 0.819. The number of hydrogen-bond acceptors (Lipinski definition) is 2. The molecule has 3 amide bonds. The maximum Gasteiger partial charge on any atom is 0.317 e. The summed E-state index contributed by atoms with van der Waals surface area (Å²) in [7, 11) is 0. The van der Waals surface area contributed by atoms with Crippen LogP contribution in [0.1, 0.15) is 24.8 Å². The number of carbonyl (C=O) groups excluding carboxylic acids is 2. The van der Waals surface area contributed by atoms with Crippen molar-refractivity contribution in [2.24, 2.45) is 5.92 Å². The molecule has 6 heteroatoms. The molecule has 0 bridgehead atoms. The Labute approximate surface area is 147 Å². The van der Waals surface area contributed by atoms with Gasteiger partial charge in [0.25, 0.3) is 0 Å². The lowest BCUT2D eigenvalue weighted by atomic mass is 9.93. The first-order chi connectivity index (χ1) is 12.1. The monoisotopic (exact) mass is 345 g/mol. The Morgan fingerprint density at radius 3 is 2.96 bits per heavy atom. The van der Waals surface area contributed by atoms with E-state index in [4.69, 9.17) is 0 Å². The average Bonchev–Trinajstić information content (AvgIpc) is 3.05. The molecule has 1 aliphatic heterocycles. The molecule has 5 nitrogen and oxygen atoms in total. The predicted octanol–water partition coefficient (Wildman–Crippen LogP) is 2.23. The minimum atomic E-state index is -0.292. The number of nitrogens with zero attached hydrogens (tertiary/aromatic N) is 1. The van der Waals surface area contributed by atoms with E-state index in [0.717, 1.165) is 24.8 Å². The van der Waals surface area contributed by atoms with Crippen molar-refractivity contribution in [3.05, 3.63) is 47.8 Å². The van der Waals surface area contributed by atoms with Crippen LogP contribution in [0.5, 0.6) is 0 Å². The van der Waals surface area contributed by atoms with E-state index in [9.17, 15) is 14.0 Å². The zero-order valence-electron chi connectivity index (χ0n) is 14.2. The Bertz CT molecular complexity index is 662. The number of amides is 3. The van der Waals surface area contributed by atoms with Gasteiger partial charge in [0.1, 0.15) is 5.82 Å². The van der Waals surface area contributed by atoms with Crippen LogP contribution in [0, 0.1) is 11.7 Å². The average molecular weight is 345 g/mol. The molecule has 1 aromatic carbocycles. The molecule has 0 aromatic heterocycles. The molecule has 2 aliphatic rings. The second kappa shape index (κ2) is 8.14. The first-order valence-electron chi connectivity index (χ1n) is 8.85. The molecule has 0 saturated carbocycles. The maximum atomic E-state index is 13.5. The van der Waals surface area contributed by atoms with Gasteiger partial charge in [-0.2, -0.15) is 0 Å². The van der Waals surface area contributed by atoms with Crippen LogP contribution in [0.25, 0.3) is 0 Å². The molecule has 1 aliphatic carbocycles. The Morgan fingerprint density at radius 2 is 2.28 bits per heavy atom. The highest BCUT2D eigenvalue weighted by molar-refractivity contribution is 5.79. The number of nitrogens with one attached hydrogen (secondary N) is 2. The van der Waals surface area contributed by atoms with Crippen LogP contribution in [-0.2, 0) is 11.2 Å². The highest BCUT2D eigenvalue weighted by Gasteiger charge is 2.29. The quantitative estimate of drug-likeness (QED) is 0.777. The molecule has 0 radical (unpaired) electrons. The number of allylic oxidation sites excluding steroid dienone is 2. The lowest BCUT2D eigenvalue weighted by Gasteiger charge is -2.28. The third-order valence-electron chi connectivity index (χ3n) is 4.84. The second-order valence-corrected chi connectivity index (χ2v) is 6.64. The van der Waals surface area contributed by atoms with Crippen molar-refractivity contribution in [2.45, 2.75) is 31.7 Å². The summed E-state index contributed by atoms with van der Waals surface area (Å²) in [4.78, 5) is 26.1. The Hall–Kier alpha value is -2.37. The van der Waals surface area contributed by atoms with E-state index in [2.05, 4.69) is 16.7 Å². The van der Waals surface area contributed by atoms with Crippen molar-refractivity contribution in [3.8, 4) is 0 Å². The van der Waals surface area contributed by atoms with Crippen molar-refractivity contribution in [2.75, 3.05) is 19.6 Å². The maximum absolute atomic E-state index is 13.5. The van der Waals surface area contributed by atoms with Gasteiger partial charge in [-0.1, -0.05) is 24.3 Å². The van der Waals surface area contributed by atoms with Crippen molar-refractivity contribution >= 4 is 11.9 Å². The summed E-state index contributed by atoms with van der Waals surface area (Å²) < 4.78 is 13.5. The molecule has 1 aromatic rings. The smallest absolute Gasteiger partial charge is 0.317 e. The molecular weight excluding hydrogens is 321 g/mol. The van der Waals surface area contributed by atoms with Gasteiger partial charge in [-0.25, -0.2) is 9.18 Å². The predicted molar refractivity (Wildman–Crippen MR) is 93.5 cm³/mol. The molecule has 0 unspecified atom stereocenters. The summed E-state index contributed by atoms with van der Waals surface area (Å²) in [6.45, 7) is 1.57. The van der Waals surface area contributed by atoms with E-state index < -0.39 is 0 Å². The molecule has 25 heavy (non-hydrogen) atoms. The van der Waals surface area contributed by atoms with Gasteiger partial charge in [-0.3, -0.25) is 4.79 Å². The fraction of sp³-hybridized carbons (Fsp3) is 0.474. The first kappa shape index (κ1) is 17.5. The van der Waals surface area contributed by atoms with E-state index in [1.807, 2.05) is 12.1 Å². The van der Waals surface area contributed by atoms with Crippen LogP contribution in [-0.4, -0.2) is 42.5 Å². The van der Waals surface area contributed by atoms with E-state index in [1.165, 1.54) is 12.1 Å². The van der Waals surface area contributed by atoms with Crippen LogP contribution in [0.3, 0.4) is 0 Å². The van der Waals surface area contributed by atoms with Crippen molar-refractivity contribution in [1.82, 2.24) is 15.5 Å². The van der Waals surface area contributed by atoms with Crippen LogP contribution in [0.4, 0.5) is 9.18 Å². The molecule has 1 fully saturated rings. The van der Waals surface area contributed by atoms with Crippen LogP contribution in [0.15, 0.2) is 36.4 Å². The van der Waals surface area contributed by atoms with Gasteiger partial charge in [0.15, 0.2) is 0 Å². The van der Waals surface area contributed by atoms with Gasteiger partial charge in [-0.15, -0.1) is 0 Å². The third-order valence-corrected chi connectivity index (χ3v) is 4.84.